The molecule has 2 aliphatic heterocycles. The second kappa shape index (κ2) is 51.1. The van der Waals surface area contributed by atoms with E-state index in [-0.39, 0.29) is 25.6 Å². The maximum Gasteiger partial charge on any atom is 0.306 e. The molecule has 0 aromatic rings. The van der Waals surface area contributed by atoms with E-state index >= 15 is 0 Å². The van der Waals surface area contributed by atoms with Crippen LogP contribution in [0.3, 0.4) is 0 Å². The maximum atomic E-state index is 13.1. The van der Waals surface area contributed by atoms with E-state index in [1.807, 2.05) is 0 Å². The predicted molar refractivity (Wildman–Crippen MR) is 316 cm³/mol. The number of allylic oxidation sites excluding steroid dienone is 12. The number of esters is 1. The van der Waals surface area contributed by atoms with Crippen molar-refractivity contribution in [2.24, 2.45) is 0 Å². The topological polar surface area (TPSA) is 214 Å². The van der Waals surface area contributed by atoms with Crippen LogP contribution in [0.5, 0.6) is 0 Å². The number of ether oxygens (including phenoxy) is 6. The molecule has 2 fully saturated rings. The zero-order valence-corrected chi connectivity index (χ0v) is 49.3. The van der Waals surface area contributed by atoms with Crippen LogP contribution in [0.2, 0.25) is 0 Å². The molecule has 7 N–H and O–H groups in total. The summed E-state index contributed by atoms with van der Waals surface area (Å²) in [6.07, 6.45) is 49.6. The van der Waals surface area contributed by atoms with Crippen LogP contribution >= 0.6 is 0 Å². The number of aliphatic hydroxyl groups excluding tert-OH is 7. The molecule has 14 heteroatoms. The molecule has 0 bridgehead atoms. The number of rotatable bonds is 51. The molecule has 11 unspecified atom stereocenters. The van der Waals surface area contributed by atoms with Crippen molar-refractivity contribution in [3.8, 4) is 0 Å². The fourth-order valence-corrected chi connectivity index (χ4v) is 9.66. The SMILES string of the molecule is CC/C=C\C/C=C\C/C=C\C/C=C\CCCCCCCCCCC(=O)OC(COCCCCCCCCCCCCCC/C=C\C/C=C\CCCCCCC)COC1OC(COC2OC(CO)C(O)C(O)C2O)C(O)C(O)C1O. The second-order valence-corrected chi connectivity index (χ2v) is 21.8. The van der Waals surface area contributed by atoms with E-state index in [0.29, 0.717) is 13.0 Å². The van der Waals surface area contributed by atoms with Gasteiger partial charge >= 0.3 is 5.97 Å². The molecule has 458 valence electrons. The Labute approximate surface area is 478 Å². The Balaban J connectivity index is 1.68. The zero-order valence-electron chi connectivity index (χ0n) is 49.3. The van der Waals surface area contributed by atoms with Gasteiger partial charge in [0.05, 0.1) is 26.4 Å². The molecule has 14 nitrogen and oxygen atoms in total. The molecule has 0 aliphatic carbocycles. The quantitative estimate of drug-likeness (QED) is 0.0172. The molecule has 0 amide bonds. The summed E-state index contributed by atoms with van der Waals surface area (Å²) in [7, 11) is 0. The second-order valence-electron chi connectivity index (χ2n) is 21.8. The first-order chi connectivity index (χ1) is 38.6. The van der Waals surface area contributed by atoms with E-state index in [0.717, 1.165) is 77.0 Å². The smallest absolute Gasteiger partial charge is 0.306 e. The summed E-state index contributed by atoms with van der Waals surface area (Å²) >= 11 is 0. The van der Waals surface area contributed by atoms with Crippen molar-refractivity contribution in [2.45, 2.75) is 300 Å². The molecule has 2 rings (SSSR count). The summed E-state index contributed by atoms with van der Waals surface area (Å²) in [5.41, 5.74) is 0. The predicted octanol–water partition coefficient (Wildman–Crippen LogP) is 12.2. The van der Waals surface area contributed by atoms with Gasteiger partial charge in [0.25, 0.3) is 0 Å². The lowest BCUT2D eigenvalue weighted by atomic mass is 9.98. The van der Waals surface area contributed by atoms with Crippen molar-refractivity contribution in [1.29, 1.82) is 0 Å². The normalized spacial score (nSPS) is 24.5. The van der Waals surface area contributed by atoms with Gasteiger partial charge in [0.2, 0.25) is 0 Å². The van der Waals surface area contributed by atoms with Crippen LogP contribution < -0.4 is 0 Å². The molecule has 2 aliphatic rings. The number of hydrogen-bond acceptors (Lipinski definition) is 14. The van der Waals surface area contributed by atoms with Gasteiger partial charge in [0.15, 0.2) is 12.6 Å². The van der Waals surface area contributed by atoms with Gasteiger partial charge in [-0.2, -0.15) is 0 Å². The van der Waals surface area contributed by atoms with Crippen LogP contribution in [0.15, 0.2) is 72.9 Å². The van der Waals surface area contributed by atoms with Crippen LogP contribution in [0, 0.1) is 0 Å². The Morgan fingerprint density at radius 1 is 0.430 bits per heavy atom. The van der Waals surface area contributed by atoms with Gasteiger partial charge in [-0.05, 0) is 83.5 Å². The summed E-state index contributed by atoms with van der Waals surface area (Å²) in [6.45, 7) is 3.57. The van der Waals surface area contributed by atoms with Crippen LogP contribution in [0.1, 0.15) is 232 Å². The Bertz CT molecular complexity index is 1580. The first-order valence-electron chi connectivity index (χ1n) is 31.5. The number of hydrogen-bond donors (Lipinski definition) is 7. The minimum atomic E-state index is -1.71. The summed E-state index contributed by atoms with van der Waals surface area (Å²) in [4.78, 5) is 13.1. The first kappa shape index (κ1) is 72.5. The largest absolute Gasteiger partial charge is 0.457 e. The minimum absolute atomic E-state index is 0.0549. The van der Waals surface area contributed by atoms with E-state index in [2.05, 4.69) is 86.8 Å². The third-order valence-corrected chi connectivity index (χ3v) is 14.7. The Hall–Kier alpha value is -2.57. The highest BCUT2D eigenvalue weighted by Crippen LogP contribution is 2.27. The Morgan fingerprint density at radius 2 is 0.823 bits per heavy atom. The van der Waals surface area contributed by atoms with Crippen molar-refractivity contribution >= 4 is 5.97 Å². The number of carbonyl (C=O) groups excluding carboxylic acids is 1. The lowest BCUT2D eigenvalue weighted by Gasteiger charge is -2.42. The van der Waals surface area contributed by atoms with Gasteiger partial charge in [0, 0.05) is 13.0 Å². The standard InChI is InChI=1S/C65H114O14/c1-3-5-7-9-11-13-15-17-19-21-23-25-26-27-29-31-33-35-37-39-41-43-45-47-49-74-51-54(52-75-64-63(73)61(71)59(69)56(79-64)53-76-65-62(72)60(70)58(68)55(50-66)78-65)77-57(67)48-46-44-42-40-38-36-34-32-30-28-24-22-20-18-16-14-12-10-8-6-4-2/h6,8,12,14-15,17-18,20-21,23-24,28,54-56,58-66,68-73H,3-5,7,9-11,13,16,19,22,25-27,29-53H2,1-2H3/b8-6-,14-12-,17-15-,20-18-,23-21-,28-24-. The Kier molecular flexibility index (Phi) is 46.9. The molecular formula is C65H114O14. The van der Waals surface area contributed by atoms with Crippen LogP contribution in [-0.2, 0) is 33.2 Å². The zero-order chi connectivity index (χ0) is 57.2. The van der Waals surface area contributed by atoms with Gasteiger partial charge in [-0.3, -0.25) is 4.79 Å². The lowest BCUT2D eigenvalue weighted by Crippen LogP contribution is -2.61. The van der Waals surface area contributed by atoms with Crippen molar-refractivity contribution in [3.63, 3.8) is 0 Å². The van der Waals surface area contributed by atoms with Gasteiger partial charge in [-0.15, -0.1) is 0 Å². The number of unbranched alkanes of at least 4 members (excludes halogenated alkanes) is 25. The average Bonchev–Trinajstić information content (AvgIpc) is 3.45. The third kappa shape index (κ3) is 37.3. The van der Waals surface area contributed by atoms with E-state index in [1.165, 1.54) is 128 Å². The van der Waals surface area contributed by atoms with Crippen LogP contribution in [0.4, 0.5) is 0 Å². The molecular weight excluding hydrogens is 1000 g/mol. The fourth-order valence-electron chi connectivity index (χ4n) is 9.66. The fraction of sp³-hybridized carbons (Fsp3) is 0.800. The average molecular weight is 1120 g/mol. The molecule has 0 aromatic heterocycles. The van der Waals surface area contributed by atoms with Crippen molar-refractivity contribution in [1.82, 2.24) is 0 Å². The van der Waals surface area contributed by atoms with Gasteiger partial charge in [0.1, 0.15) is 54.9 Å². The van der Waals surface area contributed by atoms with Crippen molar-refractivity contribution in [3.05, 3.63) is 72.9 Å². The summed E-state index contributed by atoms with van der Waals surface area (Å²) < 4.78 is 34.5. The van der Waals surface area contributed by atoms with E-state index in [9.17, 15) is 40.5 Å². The van der Waals surface area contributed by atoms with Gasteiger partial charge < -0.3 is 64.2 Å². The molecule has 2 heterocycles. The molecule has 0 spiro atoms. The van der Waals surface area contributed by atoms with E-state index < -0.39 is 80.7 Å². The summed E-state index contributed by atoms with van der Waals surface area (Å²) in [5.74, 6) is -0.385. The monoisotopic (exact) mass is 1120 g/mol. The van der Waals surface area contributed by atoms with Crippen LogP contribution in [-0.4, -0.2) is 142 Å². The molecule has 11 atom stereocenters. The molecule has 2 saturated heterocycles. The number of aliphatic hydroxyl groups is 7. The van der Waals surface area contributed by atoms with E-state index in [4.69, 9.17) is 28.4 Å². The van der Waals surface area contributed by atoms with Crippen molar-refractivity contribution < 1.29 is 69.0 Å². The minimum Gasteiger partial charge on any atom is -0.457 e. The molecule has 0 radical (unpaired) electrons. The number of carbonyl (C=O) groups is 1. The Morgan fingerprint density at radius 3 is 1.29 bits per heavy atom. The molecule has 79 heavy (non-hydrogen) atoms. The van der Waals surface area contributed by atoms with Crippen molar-refractivity contribution in [2.75, 3.05) is 33.0 Å². The summed E-state index contributed by atoms with van der Waals surface area (Å²) in [6, 6.07) is 0. The highest BCUT2D eigenvalue weighted by molar-refractivity contribution is 5.69. The lowest BCUT2D eigenvalue weighted by molar-refractivity contribution is -0.332. The third-order valence-electron chi connectivity index (χ3n) is 14.7. The van der Waals surface area contributed by atoms with Gasteiger partial charge in [-0.25, -0.2) is 0 Å². The first-order valence-corrected chi connectivity index (χ1v) is 31.5. The summed E-state index contributed by atoms with van der Waals surface area (Å²) in [5, 5.41) is 72.5. The highest BCUT2D eigenvalue weighted by atomic mass is 16.7. The van der Waals surface area contributed by atoms with Gasteiger partial charge in [-0.1, -0.05) is 215 Å². The van der Waals surface area contributed by atoms with Crippen LogP contribution in [0.25, 0.3) is 0 Å². The maximum absolute atomic E-state index is 13.1. The molecule has 0 saturated carbocycles. The molecule has 0 aromatic carbocycles. The van der Waals surface area contributed by atoms with E-state index in [1.54, 1.807) is 0 Å². The highest BCUT2D eigenvalue weighted by Gasteiger charge is 2.47.